The number of halogens is 1. The van der Waals surface area contributed by atoms with Crippen LogP contribution in [-0.2, 0) is 0 Å². The van der Waals surface area contributed by atoms with Crippen LogP contribution < -0.4 is 10.1 Å². The van der Waals surface area contributed by atoms with Crippen molar-refractivity contribution in [1.82, 2.24) is 19.9 Å². The van der Waals surface area contributed by atoms with Gasteiger partial charge in [0.15, 0.2) is 0 Å². The first-order chi connectivity index (χ1) is 9.11. The quantitative estimate of drug-likeness (QED) is 0.702. The van der Waals surface area contributed by atoms with Crippen LogP contribution in [0.5, 0.6) is 6.01 Å². The Labute approximate surface area is 119 Å². The van der Waals surface area contributed by atoms with E-state index in [1.165, 1.54) is 0 Å². The first kappa shape index (κ1) is 15.9. The van der Waals surface area contributed by atoms with Crippen LogP contribution in [0, 0.1) is 0 Å². The highest BCUT2D eigenvalue weighted by Gasteiger charge is 2.05. The molecule has 0 fully saturated rings. The summed E-state index contributed by atoms with van der Waals surface area (Å²) in [4.78, 5) is 14.2. The van der Waals surface area contributed by atoms with Crippen LogP contribution in [0.25, 0.3) is 0 Å². The van der Waals surface area contributed by atoms with E-state index in [0.29, 0.717) is 12.6 Å². The number of nitrogens with zero attached hydrogens (tertiary/aromatic N) is 4. The van der Waals surface area contributed by atoms with Crippen LogP contribution in [-0.4, -0.2) is 53.6 Å². The number of ether oxygens (including phenoxy) is 1. The Kier molecular flexibility index (Phi) is 7.43. The van der Waals surface area contributed by atoms with Gasteiger partial charge in [0.05, 0.1) is 6.61 Å². The third-order valence-electron chi connectivity index (χ3n) is 2.34. The molecule has 1 heterocycles. The summed E-state index contributed by atoms with van der Waals surface area (Å²) in [5.74, 6) is 0.468. The minimum Gasteiger partial charge on any atom is -0.463 e. The molecule has 1 N–H and O–H groups in total. The topological polar surface area (TPSA) is 63.2 Å². The molecule has 0 saturated heterocycles. The summed E-state index contributed by atoms with van der Waals surface area (Å²) >= 11 is 5.82. The van der Waals surface area contributed by atoms with Crippen molar-refractivity contribution in [3.8, 4) is 6.01 Å². The second-order valence-electron chi connectivity index (χ2n) is 4.50. The standard InChI is InChI=1S/C12H22ClN5O/c1-4-9-19-12-16-10(13)15-11(17-12)14-7-5-6-8-18(2)3/h4-9H2,1-3H3,(H,14,15,16,17). The van der Waals surface area contributed by atoms with Crippen molar-refractivity contribution in [2.24, 2.45) is 0 Å². The molecule has 0 atom stereocenters. The van der Waals surface area contributed by atoms with Crippen LogP contribution in [0.3, 0.4) is 0 Å². The van der Waals surface area contributed by atoms with Crippen molar-refractivity contribution in [1.29, 1.82) is 0 Å². The summed E-state index contributed by atoms with van der Waals surface area (Å²) in [6.45, 7) is 4.47. The van der Waals surface area contributed by atoms with Crippen molar-refractivity contribution in [2.75, 3.05) is 39.1 Å². The maximum atomic E-state index is 5.82. The van der Waals surface area contributed by atoms with E-state index in [1.807, 2.05) is 6.92 Å². The van der Waals surface area contributed by atoms with E-state index in [4.69, 9.17) is 16.3 Å². The van der Waals surface area contributed by atoms with Gasteiger partial charge >= 0.3 is 6.01 Å². The predicted molar refractivity (Wildman–Crippen MR) is 76.9 cm³/mol. The van der Waals surface area contributed by atoms with E-state index in [-0.39, 0.29) is 11.3 Å². The number of hydrogen-bond acceptors (Lipinski definition) is 6. The van der Waals surface area contributed by atoms with Gasteiger partial charge in [0.25, 0.3) is 0 Å². The third-order valence-corrected chi connectivity index (χ3v) is 2.51. The summed E-state index contributed by atoms with van der Waals surface area (Å²) in [5, 5.41) is 3.28. The maximum absolute atomic E-state index is 5.82. The highest BCUT2D eigenvalue weighted by Crippen LogP contribution is 2.11. The molecule has 0 bridgehead atoms. The number of hydrogen-bond donors (Lipinski definition) is 1. The monoisotopic (exact) mass is 287 g/mol. The van der Waals surface area contributed by atoms with Gasteiger partial charge in [0, 0.05) is 6.54 Å². The van der Waals surface area contributed by atoms with Gasteiger partial charge in [-0.3, -0.25) is 0 Å². The summed E-state index contributed by atoms with van der Waals surface area (Å²) in [6, 6.07) is 0.276. The molecule has 0 saturated carbocycles. The Morgan fingerprint density at radius 3 is 2.68 bits per heavy atom. The Hall–Kier alpha value is -1.14. The highest BCUT2D eigenvalue weighted by atomic mass is 35.5. The van der Waals surface area contributed by atoms with Gasteiger partial charge in [0.1, 0.15) is 0 Å². The zero-order valence-corrected chi connectivity index (χ0v) is 12.6. The zero-order valence-electron chi connectivity index (χ0n) is 11.8. The lowest BCUT2D eigenvalue weighted by Gasteiger charge is -2.10. The maximum Gasteiger partial charge on any atom is 0.322 e. The van der Waals surface area contributed by atoms with Gasteiger partial charge in [-0.1, -0.05) is 6.92 Å². The molecule has 0 spiro atoms. The molecule has 0 radical (unpaired) electrons. The number of unbranched alkanes of at least 4 members (excludes halogenated alkanes) is 1. The van der Waals surface area contributed by atoms with Gasteiger partial charge in [-0.15, -0.1) is 0 Å². The Bertz CT molecular complexity index is 375. The van der Waals surface area contributed by atoms with Crippen molar-refractivity contribution < 1.29 is 4.74 Å². The van der Waals surface area contributed by atoms with Crippen LogP contribution >= 0.6 is 11.6 Å². The highest BCUT2D eigenvalue weighted by molar-refractivity contribution is 6.28. The van der Waals surface area contributed by atoms with E-state index < -0.39 is 0 Å². The molecule has 6 nitrogen and oxygen atoms in total. The van der Waals surface area contributed by atoms with Crippen molar-refractivity contribution >= 4 is 17.5 Å². The lowest BCUT2D eigenvalue weighted by Crippen LogP contribution is -2.14. The number of anilines is 1. The minimum absolute atomic E-state index is 0.150. The molecule has 1 aromatic heterocycles. The first-order valence-corrected chi connectivity index (χ1v) is 6.92. The van der Waals surface area contributed by atoms with Crippen molar-refractivity contribution in [3.63, 3.8) is 0 Å². The molecule has 0 aliphatic rings. The molecule has 0 aliphatic carbocycles. The van der Waals surface area contributed by atoms with Gasteiger partial charge in [-0.05, 0) is 51.5 Å². The molecule has 108 valence electrons. The Balaban J connectivity index is 2.38. The van der Waals surface area contributed by atoms with E-state index in [1.54, 1.807) is 0 Å². The summed E-state index contributed by atoms with van der Waals surface area (Å²) in [6.07, 6.45) is 3.07. The first-order valence-electron chi connectivity index (χ1n) is 6.54. The third kappa shape index (κ3) is 7.12. The Morgan fingerprint density at radius 2 is 2.00 bits per heavy atom. The molecule has 0 aliphatic heterocycles. The lowest BCUT2D eigenvalue weighted by atomic mass is 10.3. The van der Waals surface area contributed by atoms with Gasteiger partial charge < -0.3 is 15.0 Å². The second-order valence-corrected chi connectivity index (χ2v) is 4.83. The summed E-state index contributed by atoms with van der Waals surface area (Å²) in [5.41, 5.74) is 0. The van der Waals surface area contributed by atoms with Gasteiger partial charge in [0.2, 0.25) is 11.2 Å². The van der Waals surface area contributed by atoms with Gasteiger partial charge in [-0.2, -0.15) is 15.0 Å². The number of rotatable bonds is 9. The fourth-order valence-corrected chi connectivity index (χ4v) is 1.57. The van der Waals surface area contributed by atoms with Crippen LogP contribution in [0.4, 0.5) is 5.95 Å². The lowest BCUT2D eigenvalue weighted by molar-refractivity contribution is 0.291. The number of aromatic nitrogens is 3. The molecule has 0 aromatic carbocycles. The summed E-state index contributed by atoms with van der Waals surface area (Å²) in [7, 11) is 4.13. The molecule has 7 heteroatoms. The van der Waals surface area contributed by atoms with E-state index in [9.17, 15) is 0 Å². The molecular weight excluding hydrogens is 266 g/mol. The summed E-state index contributed by atoms with van der Waals surface area (Å²) < 4.78 is 5.34. The van der Waals surface area contributed by atoms with E-state index >= 15 is 0 Å². The Morgan fingerprint density at radius 1 is 1.21 bits per heavy atom. The van der Waals surface area contributed by atoms with Gasteiger partial charge in [-0.25, -0.2) is 0 Å². The van der Waals surface area contributed by atoms with E-state index in [0.717, 1.165) is 32.4 Å². The average molecular weight is 288 g/mol. The molecule has 1 aromatic rings. The SMILES string of the molecule is CCCOc1nc(Cl)nc(NCCCCN(C)C)n1. The van der Waals surface area contributed by atoms with E-state index in [2.05, 4.69) is 39.3 Å². The molecule has 19 heavy (non-hydrogen) atoms. The molecule has 1 rings (SSSR count). The smallest absolute Gasteiger partial charge is 0.322 e. The van der Waals surface area contributed by atoms with Crippen LogP contribution in [0.2, 0.25) is 5.28 Å². The predicted octanol–water partition coefficient (Wildman–Crippen LogP) is 2.07. The second kappa shape index (κ2) is 8.87. The van der Waals surface area contributed by atoms with Crippen LogP contribution in [0.15, 0.2) is 0 Å². The number of nitrogens with one attached hydrogen (secondary N) is 1. The fraction of sp³-hybridized carbons (Fsp3) is 0.750. The average Bonchev–Trinajstić information content (AvgIpc) is 2.35. The van der Waals surface area contributed by atoms with Crippen molar-refractivity contribution in [3.05, 3.63) is 5.28 Å². The molecule has 0 unspecified atom stereocenters. The van der Waals surface area contributed by atoms with Crippen LogP contribution in [0.1, 0.15) is 26.2 Å². The minimum atomic E-state index is 0.150. The normalized spacial score (nSPS) is 10.8. The fourth-order valence-electron chi connectivity index (χ4n) is 1.42. The molecule has 0 amide bonds. The zero-order chi connectivity index (χ0) is 14.1. The molecular formula is C12H22ClN5O. The van der Waals surface area contributed by atoms with Crippen molar-refractivity contribution in [2.45, 2.75) is 26.2 Å². The largest absolute Gasteiger partial charge is 0.463 e.